The number of primary amides is 1. The monoisotopic (exact) mass is 589 g/mol. The molecule has 0 bridgehead atoms. The van der Waals surface area contributed by atoms with Gasteiger partial charge in [-0.3, -0.25) is 4.79 Å². The first-order valence-corrected chi connectivity index (χ1v) is 14.3. The van der Waals surface area contributed by atoms with Gasteiger partial charge in [0.15, 0.2) is 11.5 Å². The predicted molar refractivity (Wildman–Crippen MR) is 159 cm³/mol. The zero-order chi connectivity index (χ0) is 30.6. The molecule has 3 aromatic rings. The average Bonchev–Trinajstić information content (AvgIpc) is 3.60. The smallest absolute Gasteiger partial charge is 0.338 e. The minimum Gasteiger partial charge on any atom is -0.508 e. The molecule has 0 aromatic heterocycles. The molecule has 11 nitrogen and oxygen atoms in total. The number of rotatable bonds is 10. The van der Waals surface area contributed by atoms with Crippen molar-refractivity contribution in [3.63, 3.8) is 0 Å². The number of phenolic OH excluding ortho intramolecular Hbond substituents is 1. The third-order valence-electron chi connectivity index (χ3n) is 7.96. The normalized spacial score (nSPS) is 19.4. The first-order valence-electron chi connectivity index (χ1n) is 14.3. The van der Waals surface area contributed by atoms with Gasteiger partial charge in [-0.15, -0.1) is 0 Å². The number of likely N-dealkylation sites (N-methyl/N-ethyl adjacent to an activating group) is 1. The molecule has 11 heteroatoms. The van der Waals surface area contributed by atoms with E-state index in [0.29, 0.717) is 35.2 Å². The third-order valence-corrected chi connectivity index (χ3v) is 7.96. The standard InChI is InChI=1S/C32H36N4O7/c1-3-41-31(39)23-7-9-24(10-8-23)34-32(40)35(27(30(33)38)16-21-4-11-26(37)12-5-21)25-14-15-36(2,19-25)18-22-6-13-28-29(17-22)43-20-42-28/h4-13,17,25,27H,3,14-16,18-20H2,1-2H3,(H3-,33,34,37,38,39,40)/p+1/t25-,27+,36?/m1/s1. The Morgan fingerprint density at radius 1 is 1.05 bits per heavy atom. The van der Waals surface area contributed by atoms with Gasteiger partial charge in [-0.2, -0.15) is 0 Å². The van der Waals surface area contributed by atoms with Crippen molar-refractivity contribution in [3.05, 3.63) is 83.4 Å². The highest BCUT2D eigenvalue weighted by molar-refractivity contribution is 5.95. The number of benzene rings is 3. The summed E-state index contributed by atoms with van der Waals surface area (Å²) < 4.78 is 16.7. The maximum absolute atomic E-state index is 13.9. The number of quaternary nitrogens is 1. The summed E-state index contributed by atoms with van der Waals surface area (Å²) >= 11 is 0. The number of fused-ring (bicyclic) bond motifs is 1. The van der Waals surface area contributed by atoms with Crippen molar-refractivity contribution in [1.82, 2.24) is 4.90 Å². The highest BCUT2D eigenvalue weighted by atomic mass is 16.7. The van der Waals surface area contributed by atoms with Crippen LogP contribution in [0.15, 0.2) is 66.7 Å². The van der Waals surface area contributed by atoms with Gasteiger partial charge < -0.3 is 39.8 Å². The van der Waals surface area contributed by atoms with Crippen molar-refractivity contribution < 1.29 is 38.2 Å². The zero-order valence-electron chi connectivity index (χ0n) is 24.3. The number of ether oxygens (including phenoxy) is 3. The van der Waals surface area contributed by atoms with E-state index >= 15 is 0 Å². The van der Waals surface area contributed by atoms with E-state index in [4.69, 9.17) is 19.9 Å². The maximum Gasteiger partial charge on any atom is 0.338 e. The van der Waals surface area contributed by atoms with Crippen molar-refractivity contribution in [2.45, 2.75) is 38.4 Å². The number of likely N-dealkylation sites (tertiary alicyclic amines) is 1. The number of carbonyl (C=O) groups excluding carboxylic acids is 3. The number of amides is 3. The van der Waals surface area contributed by atoms with Crippen LogP contribution in [0.5, 0.6) is 17.2 Å². The lowest BCUT2D eigenvalue weighted by molar-refractivity contribution is -0.911. The topological polar surface area (TPSA) is 140 Å². The lowest BCUT2D eigenvalue weighted by Crippen LogP contribution is -2.56. The molecule has 226 valence electrons. The number of aromatic hydroxyl groups is 1. The lowest BCUT2D eigenvalue weighted by atomic mass is 10.0. The summed E-state index contributed by atoms with van der Waals surface area (Å²) in [5.74, 6) is 0.473. The molecule has 0 spiro atoms. The average molecular weight is 590 g/mol. The molecule has 4 N–H and O–H groups in total. The van der Waals surface area contributed by atoms with Crippen LogP contribution in [-0.2, 0) is 22.5 Å². The van der Waals surface area contributed by atoms with Crippen LogP contribution in [0.1, 0.15) is 34.8 Å². The Hall–Kier alpha value is -4.77. The molecule has 2 aliphatic rings. The molecule has 3 aromatic carbocycles. The van der Waals surface area contributed by atoms with Gasteiger partial charge in [0.05, 0.1) is 38.3 Å². The summed E-state index contributed by atoms with van der Waals surface area (Å²) in [6.07, 6.45) is 0.850. The molecule has 0 radical (unpaired) electrons. The Morgan fingerprint density at radius 3 is 2.44 bits per heavy atom. The SMILES string of the molecule is CCOC(=O)c1ccc(NC(=O)N([C@@H]2CC[N+](C)(Cc3ccc4c(c3)OCO4)C2)[C@@H](Cc2ccc(O)cc2)C(N)=O)cc1. The second-order valence-corrected chi connectivity index (χ2v) is 11.2. The molecule has 1 saturated heterocycles. The van der Waals surface area contributed by atoms with E-state index in [1.54, 1.807) is 48.2 Å². The highest BCUT2D eigenvalue weighted by Crippen LogP contribution is 2.34. The van der Waals surface area contributed by atoms with Crippen LogP contribution in [-0.4, -0.2) is 78.0 Å². The van der Waals surface area contributed by atoms with Gasteiger partial charge in [0.1, 0.15) is 18.3 Å². The molecule has 0 aliphatic carbocycles. The largest absolute Gasteiger partial charge is 0.508 e. The molecule has 43 heavy (non-hydrogen) atoms. The van der Waals surface area contributed by atoms with E-state index in [9.17, 15) is 19.5 Å². The quantitative estimate of drug-likeness (QED) is 0.242. The fourth-order valence-corrected chi connectivity index (χ4v) is 5.85. The Kier molecular flexibility index (Phi) is 8.72. The first kappa shape index (κ1) is 29.7. The van der Waals surface area contributed by atoms with E-state index in [0.717, 1.165) is 29.2 Å². The fourth-order valence-electron chi connectivity index (χ4n) is 5.85. The highest BCUT2D eigenvalue weighted by Gasteiger charge is 2.44. The van der Waals surface area contributed by atoms with Crippen molar-refractivity contribution in [2.24, 2.45) is 5.73 Å². The number of nitrogens with zero attached hydrogens (tertiary/aromatic N) is 2. The van der Waals surface area contributed by atoms with Crippen LogP contribution in [0.3, 0.4) is 0 Å². The second kappa shape index (κ2) is 12.6. The molecule has 3 amide bonds. The number of anilines is 1. The molecule has 1 fully saturated rings. The number of hydrogen-bond acceptors (Lipinski definition) is 7. The molecule has 2 heterocycles. The van der Waals surface area contributed by atoms with Crippen LogP contribution < -0.4 is 20.5 Å². The van der Waals surface area contributed by atoms with Gasteiger partial charge in [-0.05, 0) is 67.1 Å². The number of nitrogens with one attached hydrogen (secondary N) is 1. The lowest BCUT2D eigenvalue weighted by Gasteiger charge is -2.36. The van der Waals surface area contributed by atoms with Crippen molar-refractivity contribution in [3.8, 4) is 17.2 Å². The summed E-state index contributed by atoms with van der Waals surface area (Å²) in [5, 5.41) is 12.6. The molecule has 5 rings (SSSR count). The Balaban J connectivity index is 1.38. The van der Waals surface area contributed by atoms with E-state index in [2.05, 4.69) is 12.4 Å². The maximum atomic E-state index is 13.9. The van der Waals surface area contributed by atoms with Gasteiger partial charge in [0, 0.05) is 24.1 Å². The summed E-state index contributed by atoms with van der Waals surface area (Å²) in [5.41, 5.74) is 8.62. The fraction of sp³-hybridized carbons (Fsp3) is 0.344. The number of hydrogen-bond donors (Lipinski definition) is 3. The second-order valence-electron chi connectivity index (χ2n) is 11.2. The molecule has 0 saturated carbocycles. The first-order chi connectivity index (χ1) is 20.6. The van der Waals surface area contributed by atoms with Crippen molar-refractivity contribution in [1.29, 1.82) is 0 Å². The summed E-state index contributed by atoms with van der Waals surface area (Å²) in [6, 6.07) is 17.1. The van der Waals surface area contributed by atoms with Crippen molar-refractivity contribution in [2.75, 3.05) is 38.9 Å². The van der Waals surface area contributed by atoms with Crippen LogP contribution in [0, 0.1) is 0 Å². The molecule has 3 atom stereocenters. The minimum atomic E-state index is -0.939. The molecular formula is C32H37N4O7+. The van der Waals surface area contributed by atoms with Gasteiger partial charge in [-0.1, -0.05) is 12.1 Å². The van der Waals surface area contributed by atoms with Gasteiger partial charge in [0.25, 0.3) is 0 Å². The van der Waals surface area contributed by atoms with Crippen LogP contribution in [0.4, 0.5) is 10.5 Å². The summed E-state index contributed by atoms with van der Waals surface area (Å²) in [4.78, 5) is 40.5. The van der Waals surface area contributed by atoms with E-state index < -0.39 is 23.9 Å². The summed E-state index contributed by atoms with van der Waals surface area (Å²) in [6.45, 7) is 4.28. The molecular weight excluding hydrogens is 552 g/mol. The zero-order valence-corrected chi connectivity index (χ0v) is 24.3. The van der Waals surface area contributed by atoms with Crippen LogP contribution in [0.25, 0.3) is 0 Å². The number of carbonyl (C=O) groups is 3. The van der Waals surface area contributed by atoms with Gasteiger partial charge in [-0.25, -0.2) is 9.59 Å². The molecule has 1 unspecified atom stereocenters. The number of phenols is 1. The van der Waals surface area contributed by atoms with E-state index in [1.807, 2.05) is 18.2 Å². The van der Waals surface area contributed by atoms with E-state index in [1.165, 1.54) is 12.1 Å². The minimum absolute atomic E-state index is 0.104. The summed E-state index contributed by atoms with van der Waals surface area (Å²) in [7, 11) is 2.13. The number of esters is 1. The predicted octanol–water partition coefficient (Wildman–Crippen LogP) is 3.65. The van der Waals surface area contributed by atoms with Crippen LogP contribution >= 0.6 is 0 Å². The van der Waals surface area contributed by atoms with Crippen molar-refractivity contribution >= 4 is 23.6 Å². The third kappa shape index (κ3) is 7.00. The number of urea groups is 1. The Morgan fingerprint density at radius 2 is 1.74 bits per heavy atom. The van der Waals surface area contributed by atoms with Crippen LogP contribution in [0.2, 0.25) is 0 Å². The Bertz CT molecular complexity index is 1480. The Labute approximate surface area is 250 Å². The molecule has 2 aliphatic heterocycles. The number of nitrogens with two attached hydrogens (primary N) is 1. The van der Waals surface area contributed by atoms with Gasteiger partial charge in [0.2, 0.25) is 12.7 Å². The van der Waals surface area contributed by atoms with Gasteiger partial charge >= 0.3 is 12.0 Å². The van der Waals surface area contributed by atoms with E-state index in [-0.39, 0.29) is 31.6 Å².